The Morgan fingerprint density at radius 3 is 1.66 bits per heavy atom. The van der Waals surface area contributed by atoms with Gasteiger partial charge >= 0.3 is 0 Å². The first-order valence-electron chi connectivity index (χ1n) is 14.3. The number of amides is 1. The minimum Gasteiger partial charge on any atom is -0.378 e. The highest BCUT2D eigenvalue weighted by atomic mass is 32.2. The van der Waals surface area contributed by atoms with Crippen molar-refractivity contribution in [2.75, 3.05) is 7.11 Å². The SMILES string of the molecule is CCCCCCCCCCCCCCCCCCCC(OC)C(OCc1ccccc1)SC(N)=O. The molecule has 0 heterocycles. The second-order valence-electron chi connectivity index (χ2n) is 9.82. The van der Waals surface area contributed by atoms with Crippen molar-refractivity contribution >= 4 is 17.0 Å². The second kappa shape index (κ2) is 23.4. The number of unbranched alkanes of at least 4 members (excludes halogenated alkanes) is 16. The van der Waals surface area contributed by atoms with E-state index in [-0.39, 0.29) is 11.5 Å². The molecule has 4 nitrogen and oxygen atoms in total. The summed E-state index contributed by atoms with van der Waals surface area (Å²) >= 11 is 1.03. The Morgan fingerprint density at radius 1 is 0.771 bits per heavy atom. The molecule has 0 saturated heterocycles. The molecule has 0 aliphatic rings. The number of nitrogens with two attached hydrogens (primary N) is 1. The molecular formula is C30H53NO3S. The summed E-state index contributed by atoms with van der Waals surface area (Å²) in [4.78, 5) is 11.5. The van der Waals surface area contributed by atoms with Crippen LogP contribution in [0.2, 0.25) is 0 Å². The summed E-state index contributed by atoms with van der Waals surface area (Å²) in [5.74, 6) is 0. The lowest BCUT2D eigenvalue weighted by molar-refractivity contribution is -0.0221. The van der Waals surface area contributed by atoms with Crippen molar-refractivity contribution in [3.63, 3.8) is 0 Å². The van der Waals surface area contributed by atoms with Crippen molar-refractivity contribution in [3.8, 4) is 0 Å². The van der Waals surface area contributed by atoms with E-state index in [0.717, 1.165) is 30.2 Å². The largest absolute Gasteiger partial charge is 0.378 e. The van der Waals surface area contributed by atoms with Crippen molar-refractivity contribution in [2.45, 2.75) is 141 Å². The van der Waals surface area contributed by atoms with Gasteiger partial charge in [0.1, 0.15) is 5.44 Å². The summed E-state index contributed by atoms with van der Waals surface area (Å²) in [5.41, 5.74) is 6.14. The first-order chi connectivity index (χ1) is 17.2. The van der Waals surface area contributed by atoms with E-state index in [0.29, 0.717) is 6.61 Å². The lowest BCUT2D eigenvalue weighted by Gasteiger charge is -2.25. The van der Waals surface area contributed by atoms with Crippen molar-refractivity contribution < 1.29 is 14.3 Å². The van der Waals surface area contributed by atoms with Gasteiger partial charge in [0.15, 0.2) is 0 Å². The first-order valence-corrected chi connectivity index (χ1v) is 15.2. The van der Waals surface area contributed by atoms with Crippen LogP contribution in [-0.4, -0.2) is 23.9 Å². The lowest BCUT2D eigenvalue weighted by atomic mass is 10.0. The highest BCUT2D eigenvalue weighted by Crippen LogP contribution is 2.24. The minimum absolute atomic E-state index is 0.132. The van der Waals surface area contributed by atoms with E-state index in [1.54, 1.807) is 7.11 Å². The summed E-state index contributed by atoms with van der Waals surface area (Å²) in [5, 5.41) is -0.424. The Bertz CT molecular complexity index is 599. The standard InChI is InChI=1S/C30H53NO3S/c1-3-4-5-6-7-8-9-10-11-12-13-14-15-16-17-18-22-25-28(33-2)29(35-30(31)32)34-26-27-23-20-19-21-24-27/h19-21,23-24,28-29H,3-18,22,25-26H2,1-2H3,(H2,31,32). The molecule has 0 aliphatic carbocycles. The Balaban J connectivity index is 2.02. The smallest absolute Gasteiger partial charge is 0.279 e. The third-order valence-electron chi connectivity index (χ3n) is 6.69. The molecule has 2 atom stereocenters. The van der Waals surface area contributed by atoms with Crippen LogP contribution in [0.25, 0.3) is 0 Å². The molecule has 2 N–H and O–H groups in total. The summed E-state index contributed by atoms with van der Waals surface area (Å²) in [6.45, 7) is 2.73. The Labute approximate surface area is 220 Å². The second-order valence-corrected chi connectivity index (χ2v) is 10.9. The molecule has 1 aromatic rings. The molecule has 1 amide bonds. The van der Waals surface area contributed by atoms with Crippen LogP contribution in [0.15, 0.2) is 30.3 Å². The van der Waals surface area contributed by atoms with E-state index in [4.69, 9.17) is 15.2 Å². The number of hydrogen-bond donors (Lipinski definition) is 1. The van der Waals surface area contributed by atoms with Crippen LogP contribution in [0.5, 0.6) is 0 Å². The fourth-order valence-electron chi connectivity index (χ4n) is 4.52. The van der Waals surface area contributed by atoms with E-state index >= 15 is 0 Å². The van der Waals surface area contributed by atoms with Gasteiger partial charge in [-0.15, -0.1) is 0 Å². The quantitative estimate of drug-likeness (QED) is 0.112. The van der Waals surface area contributed by atoms with Crippen molar-refractivity contribution in [3.05, 3.63) is 35.9 Å². The molecule has 1 aromatic carbocycles. The molecule has 0 aromatic heterocycles. The summed E-state index contributed by atoms with van der Waals surface area (Å²) in [6, 6.07) is 9.99. The average molecular weight is 508 g/mol. The van der Waals surface area contributed by atoms with Crippen LogP contribution in [0, 0.1) is 0 Å². The maximum atomic E-state index is 11.5. The van der Waals surface area contributed by atoms with Crippen molar-refractivity contribution in [1.82, 2.24) is 0 Å². The summed E-state index contributed by atoms with van der Waals surface area (Å²) < 4.78 is 11.7. The van der Waals surface area contributed by atoms with E-state index < -0.39 is 5.24 Å². The van der Waals surface area contributed by atoms with E-state index in [1.165, 1.54) is 103 Å². The van der Waals surface area contributed by atoms with Crippen LogP contribution < -0.4 is 5.73 Å². The predicted molar refractivity (Wildman–Crippen MR) is 152 cm³/mol. The van der Waals surface area contributed by atoms with Gasteiger partial charge in [-0.25, -0.2) is 0 Å². The van der Waals surface area contributed by atoms with Gasteiger partial charge in [0.25, 0.3) is 5.24 Å². The van der Waals surface area contributed by atoms with Gasteiger partial charge in [-0.3, -0.25) is 4.79 Å². The number of carbonyl (C=O) groups excluding carboxylic acids is 1. The van der Waals surface area contributed by atoms with E-state index in [2.05, 4.69) is 6.92 Å². The van der Waals surface area contributed by atoms with Gasteiger partial charge in [-0.2, -0.15) is 0 Å². The Hall–Kier alpha value is -1.04. The normalized spacial score (nSPS) is 13.1. The number of methoxy groups -OCH3 is 1. The van der Waals surface area contributed by atoms with Crippen molar-refractivity contribution in [1.29, 1.82) is 0 Å². The Morgan fingerprint density at radius 2 is 1.23 bits per heavy atom. The molecule has 202 valence electrons. The summed E-state index contributed by atoms with van der Waals surface area (Å²) in [7, 11) is 1.69. The fraction of sp³-hybridized carbons (Fsp3) is 0.767. The zero-order valence-corrected chi connectivity index (χ0v) is 23.5. The number of hydrogen-bond acceptors (Lipinski definition) is 4. The third kappa shape index (κ3) is 18.8. The maximum absolute atomic E-state index is 11.5. The van der Waals surface area contributed by atoms with Gasteiger partial charge in [-0.05, 0) is 23.7 Å². The molecule has 0 bridgehead atoms. The molecule has 0 spiro atoms. The number of rotatable bonds is 24. The average Bonchev–Trinajstić information content (AvgIpc) is 2.86. The molecule has 0 saturated carbocycles. The fourth-order valence-corrected chi connectivity index (χ4v) is 5.28. The van der Waals surface area contributed by atoms with Crippen LogP contribution >= 0.6 is 11.8 Å². The molecule has 0 radical (unpaired) electrons. The highest BCUT2D eigenvalue weighted by Gasteiger charge is 2.24. The number of thioether (sulfide) groups is 1. The van der Waals surface area contributed by atoms with E-state index in [1.807, 2.05) is 30.3 Å². The topological polar surface area (TPSA) is 61.6 Å². The van der Waals surface area contributed by atoms with Gasteiger partial charge in [0.05, 0.1) is 12.7 Å². The molecule has 35 heavy (non-hydrogen) atoms. The minimum atomic E-state index is -0.424. The zero-order valence-electron chi connectivity index (χ0n) is 22.7. The number of primary amides is 1. The van der Waals surface area contributed by atoms with Crippen LogP contribution in [0.1, 0.15) is 128 Å². The number of ether oxygens (including phenoxy) is 2. The van der Waals surface area contributed by atoms with Gasteiger partial charge in [-0.1, -0.05) is 146 Å². The molecular weight excluding hydrogens is 454 g/mol. The molecule has 1 rings (SSSR count). The van der Waals surface area contributed by atoms with Crippen LogP contribution in [0.4, 0.5) is 4.79 Å². The van der Waals surface area contributed by atoms with Gasteiger partial charge in [0.2, 0.25) is 0 Å². The summed E-state index contributed by atoms with van der Waals surface area (Å²) in [6.07, 6.45) is 24.0. The molecule has 5 heteroatoms. The number of benzene rings is 1. The molecule has 2 unspecified atom stereocenters. The first kappa shape index (κ1) is 32.0. The zero-order chi connectivity index (χ0) is 25.4. The van der Waals surface area contributed by atoms with Crippen LogP contribution in [-0.2, 0) is 16.1 Å². The third-order valence-corrected chi connectivity index (χ3v) is 7.59. The lowest BCUT2D eigenvalue weighted by Crippen LogP contribution is -2.30. The maximum Gasteiger partial charge on any atom is 0.279 e. The van der Waals surface area contributed by atoms with Gasteiger partial charge < -0.3 is 15.2 Å². The Kier molecular flexibility index (Phi) is 21.4. The van der Waals surface area contributed by atoms with Gasteiger partial charge in [0, 0.05) is 7.11 Å². The van der Waals surface area contributed by atoms with Crippen molar-refractivity contribution in [2.24, 2.45) is 5.73 Å². The predicted octanol–water partition coefficient (Wildman–Crippen LogP) is 9.40. The molecule has 0 fully saturated rings. The van der Waals surface area contributed by atoms with Crippen LogP contribution in [0.3, 0.4) is 0 Å². The highest BCUT2D eigenvalue weighted by molar-refractivity contribution is 8.13. The number of carbonyl (C=O) groups is 1. The van der Waals surface area contributed by atoms with E-state index in [9.17, 15) is 4.79 Å². The monoisotopic (exact) mass is 507 g/mol. The molecule has 0 aliphatic heterocycles.